The second kappa shape index (κ2) is 10.9. The van der Waals surface area contributed by atoms with Gasteiger partial charge >= 0.3 is 0 Å². The summed E-state index contributed by atoms with van der Waals surface area (Å²) in [5, 5.41) is 10.8. The summed E-state index contributed by atoms with van der Waals surface area (Å²) in [7, 11) is 1.55. The number of nitrogens with zero attached hydrogens (tertiary/aromatic N) is 2. The van der Waals surface area contributed by atoms with Crippen LogP contribution >= 0.6 is 0 Å². The maximum Gasteiger partial charge on any atom is 0.277 e. The fraction of sp³-hybridized carbons (Fsp3) is 0.111. The number of carbonyl (C=O) groups excluding carboxylic acids is 1. The summed E-state index contributed by atoms with van der Waals surface area (Å²) in [5.41, 5.74) is 4.83. The number of aromatic nitrogens is 2. The van der Waals surface area contributed by atoms with Gasteiger partial charge < -0.3 is 9.47 Å². The molecule has 3 aromatic carbocycles. The predicted molar refractivity (Wildman–Crippen MR) is 135 cm³/mol. The Bertz CT molecular complexity index is 1400. The number of amides is 1. The zero-order chi connectivity index (χ0) is 24.6. The van der Waals surface area contributed by atoms with E-state index in [1.807, 2.05) is 67.6 Å². The van der Waals surface area contributed by atoms with Gasteiger partial charge in [0.25, 0.3) is 11.5 Å². The molecule has 1 amide bonds. The molecule has 0 aliphatic heterocycles. The summed E-state index contributed by atoms with van der Waals surface area (Å²) in [6.45, 7) is 2.40. The van der Waals surface area contributed by atoms with Crippen LogP contribution in [0.25, 0.3) is 22.4 Å². The smallest absolute Gasteiger partial charge is 0.277 e. The molecule has 8 nitrogen and oxygen atoms in total. The lowest BCUT2D eigenvalue weighted by Crippen LogP contribution is -2.28. The molecule has 0 aliphatic carbocycles. The van der Waals surface area contributed by atoms with Crippen LogP contribution in [-0.2, 0) is 0 Å². The quantitative estimate of drug-likeness (QED) is 0.297. The second-order valence-electron chi connectivity index (χ2n) is 7.43. The van der Waals surface area contributed by atoms with Gasteiger partial charge in [0, 0.05) is 11.1 Å². The number of hydrogen-bond donors (Lipinski definition) is 2. The van der Waals surface area contributed by atoms with Gasteiger partial charge in [0.05, 0.1) is 25.6 Å². The zero-order valence-electron chi connectivity index (χ0n) is 19.3. The molecule has 35 heavy (non-hydrogen) atoms. The van der Waals surface area contributed by atoms with Gasteiger partial charge in [0.2, 0.25) is 0 Å². The predicted octanol–water partition coefficient (Wildman–Crippen LogP) is 4.28. The number of ether oxygens (including phenoxy) is 2. The molecule has 0 radical (unpaired) electrons. The van der Waals surface area contributed by atoms with Crippen molar-refractivity contribution in [3.8, 4) is 33.9 Å². The summed E-state index contributed by atoms with van der Waals surface area (Å²) in [4.78, 5) is 26.0. The molecule has 0 unspecified atom stereocenters. The van der Waals surface area contributed by atoms with Crippen molar-refractivity contribution in [2.75, 3.05) is 13.7 Å². The maximum atomic E-state index is 13.2. The van der Waals surface area contributed by atoms with Crippen molar-refractivity contribution >= 4 is 12.1 Å². The van der Waals surface area contributed by atoms with Gasteiger partial charge in [-0.3, -0.25) is 9.59 Å². The van der Waals surface area contributed by atoms with Crippen molar-refractivity contribution in [3.05, 3.63) is 100 Å². The molecule has 176 valence electrons. The van der Waals surface area contributed by atoms with Gasteiger partial charge in [-0.2, -0.15) is 10.2 Å². The molecular weight excluding hydrogens is 444 g/mol. The molecular formula is C27H24N4O4. The molecule has 4 rings (SSSR count). The summed E-state index contributed by atoms with van der Waals surface area (Å²) >= 11 is 0. The fourth-order valence-corrected chi connectivity index (χ4v) is 3.62. The lowest BCUT2D eigenvalue weighted by molar-refractivity contribution is 0.0954. The first-order chi connectivity index (χ1) is 17.1. The normalized spacial score (nSPS) is 10.8. The first-order valence-corrected chi connectivity index (χ1v) is 11.0. The summed E-state index contributed by atoms with van der Waals surface area (Å²) < 4.78 is 10.9. The van der Waals surface area contributed by atoms with E-state index in [1.165, 1.54) is 6.21 Å². The monoisotopic (exact) mass is 468 g/mol. The van der Waals surface area contributed by atoms with E-state index in [9.17, 15) is 9.59 Å². The van der Waals surface area contributed by atoms with Crippen molar-refractivity contribution in [3.63, 3.8) is 0 Å². The van der Waals surface area contributed by atoms with Gasteiger partial charge in [-0.15, -0.1) is 0 Å². The van der Waals surface area contributed by atoms with E-state index >= 15 is 0 Å². The van der Waals surface area contributed by atoms with Crippen LogP contribution in [0.5, 0.6) is 11.5 Å². The average Bonchev–Trinajstić information content (AvgIpc) is 2.90. The van der Waals surface area contributed by atoms with Gasteiger partial charge in [-0.1, -0.05) is 60.7 Å². The molecule has 0 bridgehead atoms. The Balaban J connectivity index is 1.69. The van der Waals surface area contributed by atoms with Gasteiger partial charge in [0.15, 0.2) is 11.5 Å². The van der Waals surface area contributed by atoms with Crippen LogP contribution in [0.1, 0.15) is 22.8 Å². The van der Waals surface area contributed by atoms with E-state index in [4.69, 9.17) is 9.47 Å². The first-order valence-electron chi connectivity index (χ1n) is 11.0. The molecule has 0 spiro atoms. The van der Waals surface area contributed by atoms with Crippen LogP contribution in [0.4, 0.5) is 0 Å². The van der Waals surface area contributed by atoms with Crippen molar-refractivity contribution in [1.29, 1.82) is 0 Å². The van der Waals surface area contributed by atoms with Crippen LogP contribution in [0.15, 0.2) is 88.8 Å². The van der Waals surface area contributed by atoms with Crippen molar-refractivity contribution in [2.24, 2.45) is 5.10 Å². The Morgan fingerprint density at radius 2 is 1.69 bits per heavy atom. The summed E-state index contributed by atoms with van der Waals surface area (Å²) in [6.07, 6.45) is 1.46. The highest BCUT2D eigenvalue weighted by molar-refractivity contribution is 6.03. The SMILES string of the molecule is CCOc1ccc(C=NNC(=O)c2c(-c3ccccc3)c(-c3ccccc3)n[nH]c2=O)cc1OC. The lowest BCUT2D eigenvalue weighted by atomic mass is 9.95. The number of benzene rings is 3. The number of nitrogens with one attached hydrogen (secondary N) is 2. The van der Waals surface area contributed by atoms with E-state index < -0.39 is 11.5 Å². The molecule has 1 heterocycles. The lowest BCUT2D eigenvalue weighted by Gasteiger charge is -2.13. The highest BCUT2D eigenvalue weighted by Gasteiger charge is 2.22. The van der Waals surface area contributed by atoms with Gasteiger partial charge in [0.1, 0.15) is 5.56 Å². The fourth-order valence-electron chi connectivity index (χ4n) is 3.62. The number of rotatable bonds is 8. The molecule has 2 N–H and O–H groups in total. The van der Waals surface area contributed by atoms with Crippen LogP contribution < -0.4 is 20.5 Å². The Labute approximate surface area is 202 Å². The molecule has 0 saturated carbocycles. The van der Waals surface area contributed by atoms with Crippen molar-refractivity contribution < 1.29 is 14.3 Å². The number of aromatic amines is 1. The van der Waals surface area contributed by atoms with E-state index in [2.05, 4.69) is 20.7 Å². The number of hydrazone groups is 1. The van der Waals surface area contributed by atoms with E-state index in [1.54, 1.807) is 25.3 Å². The molecule has 8 heteroatoms. The number of H-pyrrole nitrogens is 1. The largest absolute Gasteiger partial charge is 0.493 e. The third kappa shape index (κ3) is 5.27. The molecule has 1 aromatic heterocycles. The highest BCUT2D eigenvalue weighted by Crippen LogP contribution is 2.31. The molecule has 4 aromatic rings. The molecule has 0 fully saturated rings. The Kier molecular flexibility index (Phi) is 7.32. The Morgan fingerprint density at radius 1 is 1.00 bits per heavy atom. The minimum atomic E-state index is -0.654. The Morgan fingerprint density at radius 3 is 2.34 bits per heavy atom. The average molecular weight is 469 g/mol. The van der Waals surface area contributed by atoms with Crippen molar-refractivity contribution in [2.45, 2.75) is 6.92 Å². The number of methoxy groups -OCH3 is 1. The summed E-state index contributed by atoms with van der Waals surface area (Å²) in [5.74, 6) is 0.505. The molecule has 0 aliphatic rings. The minimum Gasteiger partial charge on any atom is -0.493 e. The third-order valence-corrected chi connectivity index (χ3v) is 5.19. The van der Waals surface area contributed by atoms with Gasteiger partial charge in [-0.05, 0) is 36.2 Å². The van der Waals surface area contributed by atoms with E-state index in [0.717, 1.165) is 5.56 Å². The minimum absolute atomic E-state index is 0.0773. The molecule has 0 atom stereocenters. The van der Waals surface area contributed by atoms with Crippen LogP contribution in [-0.4, -0.2) is 36.0 Å². The second-order valence-corrected chi connectivity index (χ2v) is 7.43. The van der Waals surface area contributed by atoms with Crippen molar-refractivity contribution in [1.82, 2.24) is 15.6 Å². The molecule has 0 saturated heterocycles. The van der Waals surface area contributed by atoms with Crippen LogP contribution in [0, 0.1) is 0 Å². The zero-order valence-corrected chi connectivity index (χ0v) is 19.3. The topological polar surface area (TPSA) is 106 Å². The van der Waals surface area contributed by atoms with Crippen LogP contribution in [0.2, 0.25) is 0 Å². The maximum absolute atomic E-state index is 13.2. The standard InChI is InChI=1S/C27H24N4O4/c1-3-35-21-15-14-18(16-22(21)34-2)17-28-30-26(32)24-23(19-10-6-4-7-11-19)25(29-31-27(24)33)20-12-8-5-9-13-20/h4-17H,3H2,1-2H3,(H,30,32)(H,31,33). The highest BCUT2D eigenvalue weighted by atomic mass is 16.5. The van der Waals surface area contributed by atoms with E-state index in [0.29, 0.717) is 40.5 Å². The Hall–Kier alpha value is -4.72. The number of hydrogen-bond acceptors (Lipinski definition) is 6. The number of carbonyl (C=O) groups is 1. The first kappa shape index (κ1) is 23.4. The van der Waals surface area contributed by atoms with Gasteiger partial charge in [-0.25, -0.2) is 10.5 Å². The van der Waals surface area contributed by atoms with E-state index in [-0.39, 0.29) is 5.56 Å². The summed E-state index contributed by atoms with van der Waals surface area (Å²) in [6, 6.07) is 23.8. The third-order valence-electron chi connectivity index (χ3n) is 5.19. The van der Waals surface area contributed by atoms with Crippen LogP contribution in [0.3, 0.4) is 0 Å².